The molecule has 0 radical (unpaired) electrons. The van der Waals surface area contributed by atoms with Crippen molar-refractivity contribution in [3.63, 3.8) is 0 Å². The number of nitrogens with zero attached hydrogens (tertiary/aromatic N) is 5. The Morgan fingerprint density at radius 3 is 2.68 bits per heavy atom. The number of aromatic nitrogens is 4. The summed E-state index contributed by atoms with van der Waals surface area (Å²) in [6, 6.07) is 11.4. The fourth-order valence-corrected chi connectivity index (χ4v) is 4.24. The summed E-state index contributed by atoms with van der Waals surface area (Å²) in [5, 5.41) is 11.2. The molecule has 1 fully saturated rings. The number of nitro groups is 1. The first kappa shape index (κ1) is 21.7. The van der Waals surface area contributed by atoms with Crippen LogP contribution in [0.2, 0.25) is 0 Å². The van der Waals surface area contributed by atoms with E-state index in [4.69, 9.17) is 4.74 Å². The molecule has 1 saturated heterocycles. The molecule has 10 nitrogen and oxygen atoms in total. The smallest absolute Gasteiger partial charge is 0.337 e. The molecule has 1 aliphatic rings. The number of halogens is 1. The number of rotatable bonds is 6. The molecule has 4 aromatic rings. The van der Waals surface area contributed by atoms with E-state index in [1.165, 1.54) is 47.3 Å². The van der Waals surface area contributed by atoms with Crippen molar-refractivity contribution < 1.29 is 14.1 Å². The highest BCUT2D eigenvalue weighted by atomic mass is 19.1. The lowest BCUT2D eigenvalue weighted by Crippen LogP contribution is -2.42. The highest BCUT2D eigenvalue weighted by Crippen LogP contribution is 2.19. The molecule has 0 spiro atoms. The van der Waals surface area contributed by atoms with Gasteiger partial charge in [0.05, 0.1) is 29.6 Å². The van der Waals surface area contributed by atoms with Gasteiger partial charge in [-0.05, 0) is 42.7 Å². The molecule has 1 atom stereocenters. The predicted octanol–water partition coefficient (Wildman–Crippen LogP) is 2.62. The van der Waals surface area contributed by atoms with Crippen LogP contribution < -0.4 is 11.2 Å². The number of benzene rings is 2. The van der Waals surface area contributed by atoms with E-state index >= 15 is 0 Å². The fraction of sp³-hybridized carbons (Fsp3) is 0.261. The van der Waals surface area contributed by atoms with Gasteiger partial charge in [0.1, 0.15) is 5.82 Å². The Hall–Kier alpha value is -4.12. The molecule has 0 bridgehead atoms. The lowest BCUT2D eigenvalue weighted by Gasteiger charge is -2.15. The molecule has 0 amide bonds. The average molecular weight is 465 g/mol. The van der Waals surface area contributed by atoms with Crippen LogP contribution in [-0.4, -0.2) is 36.3 Å². The highest BCUT2D eigenvalue weighted by molar-refractivity contribution is 5.72. The minimum Gasteiger partial charge on any atom is -0.376 e. The van der Waals surface area contributed by atoms with E-state index in [2.05, 4.69) is 4.98 Å². The summed E-state index contributed by atoms with van der Waals surface area (Å²) in [6.07, 6.45) is 2.73. The molecule has 11 heteroatoms. The third-order valence-electron chi connectivity index (χ3n) is 5.87. The molecule has 0 unspecified atom stereocenters. The molecule has 0 aliphatic carbocycles. The Morgan fingerprint density at radius 1 is 1.18 bits per heavy atom. The number of hydrogen-bond acceptors (Lipinski definition) is 6. The van der Waals surface area contributed by atoms with Crippen molar-refractivity contribution in [3.05, 3.63) is 97.2 Å². The molecule has 1 aliphatic heterocycles. The average Bonchev–Trinajstić information content (AvgIpc) is 3.48. The molecular formula is C23H20FN5O5. The second-order valence-electron chi connectivity index (χ2n) is 8.12. The summed E-state index contributed by atoms with van der Waals surface area (Å²) in [7, 11) is 0. The van der Waals surface area contributed by atoms with Crippen LogP contribution in [-0.2, 0) is 17.8 Å². The Morgan fingerprint density at radius 2 is 1.97 bits per heavy atom. The second-order valence-corrected chi connectivity index (χ2v) is 8.12. The van der Waals surface area contributed by atoms with Crippen molar-refractivity contribution >= 4 is 16.9 Å². The molecular weight excluding hydrogens is 445 g/mol. The van der Waals surface area contributed by atoms with Crippen molar-refractivity contribution in [3.8, 4) is 5.69 Å². The summed E-state index contributed by atoms with van der Waals surface area (Å²) >= 11 is 0. The minimum atomic E-state index is -0.597. The van der Waals surface area contributed by atoms with Crippen LogP contribution in [0.25, 0.3) is 16.9 Å². The molecule has 3 heterocycles. The molecule has 2 aromatic carbocycles. The first-order valence-electron chi connectivity index (χ1n) is 10.7. The van der Waals surface area contributed by atoms with Crippen molar-refractivity contribution in [2.24, 2.45) is 0 Å². The zero-order valence-corrected chi connectivity index (χ0v) is 18.0. The maximum atomic E-state index is 13.5. The molecule has 174 valence electrons. The second kappa shape index (κ2) is 8.67. The van der Waals surface area contributed by atoms with E-state index in [9.17, 15) is 24.1 Å². The van der Waals surface area contributed by atoms with E-state index in [1.54, 1.807) is 16.7 Å². The van der Waals surface area contributed by atoms with Crippen LogP contribution >= 0.6 is 0 Å². The number of hydrogen-bond donors (Lipinski definition) is 0. The van der Waals surface area contributed by atoms with E-state index < -0.39 is 22.0 Å². The lowest BCUT2D eigenvalue weighted by molar-refractivity contribution is -0.384. The summed E-state index contributed by atoms with van der Waals surface area (Å²) < 4.78 is 23.1. The third-order valence-corrected chi connectivity index (χ3v) is 5.87. The largest absolute Gasteiger partial charge is 0.376 e. The molecule has 0 N–H and O–H groups in total. The van der Waals surface area contributed by atoms with Crippen molar-refractivity contribution in [1.82, 2.24) is 18.7 Å². The molecule has 34 heavy (non-hydrogen) atoms. The SMILES string of the molecule is O=c1c2c(ncn2Cc2cccc([N+](=O)[O-])c2)n(-c2ccc(F)cc2)c(=O)n1C[C@@H]1CCCO1. The Labute approximate surface area is 191 Å². The summed E-state index contributed by atoms with van der Waals surface area (Å²) in [4.78, 5) is 41.9. The van der Waals surface area contributed by atoms with Gasteiger partial charge in [-0.15, -0.1) is 0 Å². The van der Waals surface area contributed by atoms with E-state index in [0.717, 1.165) is 17.4 Å². The third kappa shape index (κ3) is 3.90. The number of fused-ring (bicyclic) bond motifs is 1. The lowest BCUT2D eigenvalue weighted by atomic mass is 10.2. The normalized spacial score (nSPS) is 15.7. The van der Waals surface area contributed by atoms with Crippen molar-refractivity contribution in [2.45, 2.75) is 32.0 Å². The summed E-state index contributed by atoms with van der Waals surface area (Å²) in [6.45, 7) is 0.782. The van der Waals surface area contributed by atoms with Gasteiger partial charge in [0.2, 0.25) is 0 Å². The van der Waals surface area contributed by atoms with Crippen LogP contribution in [0.1, 0.15) is 18.4 Å². The number of ether oxygens (including phenoxy) is 1. The predicted molar refractivity (Wildman–Crippen MR) is 121 cm³/mol. The van der Waals surface area contributed by atoms with Gasteiger partial charge in [-0.25, -0.2) is 18.7 Å². The van der Waals surface area contributed by atoms with Gasteiger partial charge in [0.15, 0.2) is 11.2 Å². The van der Waals surface area contributed by atoms with Gasteiger partial charge in [-0.2, -0.15) is 0 Å². The van der Waals surface area contributed by atoms with Gasteiger partial charge in [-0.3, -0.25) is 19.5 Å². The molecule has 5 rings (SSSR count). The van der Waals surface area contributed by atoms with Crippen LogP contribution in [0.4, 0.5) is 10.1 Å². The molecule has 2 aromatic heterocycles. The Kier molecular flexibility index (Phi) is 5.54. The fourth-order valence-electron chi connectivity index (χ4n) is 4.24. The Balaban J connectivity index is 1.70. The standard InChI is InChI=1S/C23H20FN5O5/c24-16-6-8-17(9-7-16)28-21-20(22(30)27(23(28)31)13-19-5-2-10-34-19)26(14-25-21)12-15-3-1-4-18(11-15)29(32)33/h1,3-4,6-9,11,14,19H,2,5,10,12-13H2/t19-/m0/s1. The van der Waals surface area contributed by atoms with E-state index in [-0.39, 0.29) is 36.0 Å². The van der Waals surface area contributed by atoms with Gasteiger partial charge in [-0.1, -0.05) is 12.1 Å². The maximum Gasteiger partial charge on any atom is 0.337 e. The first-order valence-corrected chi connectivity index (χ1v) is 10.7. The quantitative estimate of drug-likeness (QED) is 0.319. The topological polar surface area (TPSA) is 114 Å². The molecule has 0 saturated carbocycles. The van der Waals surface area contributed by atoms with Crippen LogP contribution in [0, 0.1) is 15.9 Å². The summed E-state index contributed by atoms with van der Waals surface area (Å²) in [5.74, 6) is -0.461. The van der Waals surface area contributed by atoms with E-state index in [1.807, 2.05) is 0 Å². The highest BCUT2D eigenvalue weighted by Gasteiger charge is 2.23. The number of non-ortho nitro benzene ring substituents is 1. The number of imidazole rings is 1. The van der Waals surface area contributed by atoms with Gasteiger partial charge >= 0.3 is 5.69 Å². The van der Waals surface area contributed by atoms with Crippen LogP contribution in [0.3, 0.4) is 0 Å². The minimum absolute atomic E-state index is 0.0686. The van der Waals surface area contributed by atoms with Crippen LogP contribution in [0.15, 0.2) is 64.4 Å². The first-order chi connectivity index (χ1) is 16.4. The zero-order chi connectivity index (χ0) is 23.8. The summed E-state index contributed by atoms with van der Waals surface area (Å²) in [5.41, 5.74) is 0.0400. The zero-order valence-electron chi connectivity index (χ0n) is 18.0. The Bertz CT molecular complexity index is 1500. The van der Waals surface area contributed by atoms with E-state index in [0.29, 0.717) is 17.9 Å². The maximum absolute atomic E-state index is 13.5. The monoisotopic (exact) mass is 465 g/mol. The van der Waals surface area contributed by atoms with Crippen molar-refractivity contribution in [1.29, 1.82) is 0 Å². The number of nitro benzene ring substituents is 1. The van der Waals surface area contributed by atoms with Gasteiger partial charge in [0.25, 0.3) is 11.2 Å². The van der Waals surface area contributed by atoms with Crippen LogP contribution in [0.5, 0.6) is 0 Å². The van der Waals surface area contributed by atoms with Gasteiger partial charge < -0.3 is 9.30 Å². The van der Waals surface area contributed by atoms with Gasteiger partial charge in [0, 0.05) is 25.3 Å². The van der Waals surface area contributed by atoms with Crippen molar-refractivity contribution in [2.75, 3.05) is 6.61 Å².